The van der Waals surface area contributed by atoms with Crippen molar-refractivity contribution in [3.63, 3.8) is 0 Å². The largest absolute Gasteiger partial charge is 0.354 e. The van der Waals surface area contributed by atoms with Crippen molar-refractivity contribution in [1.29, 1.82) is 0 Å². The second-order valence-electron chi connectivity index (χ2n) is 8.15. The minimum atomic E-state index is -0.0400. The average Bonchev–Trinajstić information content (AvgIpc) is 3.25. The van der Waals surface area contributed by atoms with Crippen LogP contribution in [0.25, 0.3) is 0 Å². The SMILES string of the molecule is CCN1CCCC1CNC(=O)C1CCC(NC(=O)Cn2nc(C)nc2C)CC1. The molecular formula is C20H34N6O2. The lowest BCUT2D eigenvalue weighted by molar-refractivity contribution is -0.126. The third-order valence-corrected chi connectivity index (χ3v) is 6.14. The van der Waals surface area contributed by atoms with Crippen LogP contribution in [0.4, 0.5) is 0 Å². The standard InChI is InChI=1S/C20H34N6O2/c1-4-25-11-5-6-18(25)12-21-20(28)16-7-9-17(10-8-16)23-19(27)13-26-15(3)22-14(2)24-26/h16-18H,4-13H2,1-3H3,(H,21,28)(H,23,27). The molecule has 0 spiro atoms. The summed E-state index contributed by atoms with van der Waals surface area (Å²) in [4.78, 5) is 31.5. The van der Waals surface area contributed by atoms with E-state index in [1.165, 1.54) is 12.8 Å². The molecular weight excluding hydrogens is 356 g/mol. The zero-order valence-corrected chi connectivity index (χ0v) is 17.4. The summed E-state index contributed by atoms with van der Waals surface area (Å²) in [6, 6.07) is 0.639. The van der Waals surface area contributed by atoms with Crippen molar-refractivity contribution in [3.8, 4) is 0 Å². The molecule has 1 aromatic heterocycles. The molecule has 28 heavy (non-hydrogen) atoms. The highest BCUT2D eigenvalue weighted by Gasteiger charge is 2.29. The first kappa shape index (κ1) is 20.8. The van der Waals surface area contributed by atoms with Crippen LogP contribution in [0, 0.1) is 19.8 Å². The summed E-state index contributed by atoms with van der Waals surface area (Å²) >= 11 is 0. The van der Waals surface area contributed by atoms with Crippen LogP contribution in [-0.2, 0) is 16.1 Å². The highest BCUT2D eigenvalue weighted by atomic mass is 16.2. The average molecular weight is 391 g/mol. The van der Waals surface area contributed by atoms with Crippen LogP contribution in [0.2, 0.25) is 0 Å². The number of nitrogens with zero attached hydrogens (tertiary/aromatic N) is 4. The van der Waals surface area contributed by atoms with Gasteiger partial charge in [-0.3, -0.25) is 14.5 Å². The van der Waals surface area contributed by atoms with E-state index in [1.807, 2.05) is 13.8 Å². The molecule has 2 aliphatic rings. The van der Waals surface area contributed by atoms with Gasteiger partial charge in [0.1, 0.15) is 18.2 Å². The quantitative estimate of drug-likeness (QED) is 0.729. The summed E-state index contributed by atoms with van der Waals surface area (Å²) in [7, 11) is 0. The monoisotopic (exact) mass is 390 g/mol. The van der Waals surface area contributed by atoms with Gasteiger partial charge >= 0.3 is 0 Å². The number of aryl methyl sites for hydroxylation is 2. The maximum absolute atomic E-state index is 12.5. The van der Waals surface area contributed by atoms with Gasteiger partial charge in [-0.15, -0.1) is 0 Å². The molecule has 0 bridgehead atoms. The fourth-order valence-electron chi connectivity index (χ4n) is 4.53. The number of hydrogen-bond acceptors (Lipinski definition) is 5. The molecule has 2 N–H and O–H groups in total. The van der Waals surface area contributed by atoms with Crippen LogP contribution in [0.5, 0.6) is 0 Å². The number of rotatable bonds is 7. The first-order chi connectivity index (χ1) is 13.5. The van der Waals surface area contributed by atoms with Crippen molar-refractivity contribution in [1.82, 2.24) is 30.3 Å². The second kappa shape index (κ2) is 9.49. The Hall–Kier alpha value is -1.96. The van der Waals surface area contributed by atoms with Gasteiger partial charge in [-0.25, -0.2) is 9.67 Å². The van der Waals surface area contributed by atoms with Gasteiger partial charge in [-0.2, -0.15) is 5.10 Å². The summed E-state index contributed by atoms with van der Waals surface area (Å²) in [6.45, 7) is 9.01. The van der Waals surface area contributed by atoms with Crippen molar-refractivity contribution in [2.45, 2.75) is 77.9 Å². The van der Waals surface area contributed by atoms with E-state index in [0.29, 0.717) is 11.9 Å². The van der Waals surface area contributed by atoms with Crippen LogP contribution < -0.4 is 10.6 Å². The molecule has 1 unspecified atom stereocenters. The van der Waals surface area contributed by atoms with Gasteiger partial charge < -0.3 is 10.6 Å². The predicted octanol–water partition coefficient (Wildman–Crippen LogP) is 1.17. The smallest absolute Gasteiger partial charge is 0.242 e. The molecule has 1 saturated heterocycles. The summed E-state index contributed by atoms with van der Waals surface area (Å²) in [5.41, 5.74) is 0. The molecule has 1 aliphatic carbocycles. The van der Waals surface area contributed by atoms with Gasteiger partial charge in [0, 0.05) is 24.5 Å². The minimum Gasteiger partial charge on any atom is -0.354 e. The predicted molar refractivity (Wildman–Crippen MR) is 107 cm³/mol. The Morgan fingerprint density at radius 1 is 1.14 bits per heavy atom. The maximum atomic E-state index is 12.5. The molecule has 8 nitrogen and oxygen atoms in total. The molecule has 0 aromatic carbocycles. The van der Waals surface area contributed by atoms with E-state index >= 15 is 0 Å². The van der Waals surface area contributed by atoms with E-state index < -0.39 is 0 Å². The fourth-order valence-corrected chi connectivity index (χ4v) is 4.53. The Labute approximate surface area is 167 Å². The number of likely N-dealkylation sites (tertiary alicyclic amines) is 1. The van der Waals surface area contributed by atoms with Crippen molar-refractivity contribution < 1.29 is 9.59 Å². The minimum absolute atomic E-state index is 0.0400. The topological polar surface area (TPSA) is 92.2 Å². The summed E-state index contributed by atoms with van der Waals surface area (Å²) in [5.74, 6) is 1.64. The number of amides is 2. The number of likely N-dealkylation sites (N-methyl/N-ethyl adjacent to an activating group) is 1. The number of nitrogens with one attached hydrogen (secondary N) is 2. The van der Waals surface area contributed by atoms with Gasteiger partial charge in [0.2, 0.25) is 11.8 Å². The highest BCUT2D eigenvalue weighted by molar-refractivity contribution is 5.79. The van der Waals surface area contributed by atoms with Crippen LogP contribution in [0.15, 0.2) is 0 Å². The van der Waals surface area contributed by atoms with E-state index in [1.54, 1.807) is 4.68 Å². The van der Waals surface area contributed by atoms with Gasteiger partial charge in [0.05, 0.1) is 0 Å². The molecule has 156 valence electrons. The molecule has 1 aromatic rings. The number of hydrogen-bond donors (Lipinski definition) is 2. The van der Waals surface area contributed by atoms with Gasteiger partial charge in [-0.05, 0) is 65.5 Å². The van der Waals surface area contributed by atoms with E-state index in [0.717, 1.165) is 51.1 Å². The molecule has 2 heterocycles. The normalized spacial score (nSPS) is 25.6. The van der Waals surface area contributed by atoms with Crippen LogP contribution in [0.1, 0.15) is 57.1 Å². The molecule has 3 rings (SSSR count). The maximum Gasteiger partial charge on any atom is 0.242 e. The molecule has 8 heteroatoms. The number of carbonyl (C=O) groups is 2. The van der Waals surface area contributed by atoms with Gasteiger partial charge in [0.25, 0.3) is 0 Å². The Bertz CT molecular complexity index is 680. The number of carbonyl (C=O) groups excluding carboxylic acids is 2. The lowest BCUT2D eigenvalue weighted by Gasteiger charge is -2.29. The summed E-state index contributed by atoms with van der Waals surface area (Å²) in [5, 5.41) is 10.5. The third-order valence-electron chi connectivity index (χ3n) is 6.14. The van der Waals surface area contributed by atoms with Crippen molar-refractivity contribution in [3.05, 3.63) is 11.6 Å². The summed E-state index contributed by atoms with van der Waals surface area (Å²) < 4.78 is 1.63. The third kappa shape index (κ3) is 5.31. The van der Waals surface area contributed by atoms with Crippen LogP contribution >= 0.6 is 0 Å². The van der Waals surface area contributed by atoms with E-state index in [9.17, 15) is 9.59 Å². The van der Waals surface area contributed by atoms with Crippen molar-refractivity contribution >= 4 is 11.8 Å². The van der Waals surface area contributed by atoms with Crippen molar-refractivity contribution in [2.75, 3.05) is 19.6 Å². The Morgan fingerprint density at radius 2 is 1.89 bits per heavy atom. The molecule has 1 atom stereocenters. The molecule has 1 saturated carbocycles. The number of aromatic nitrogens is 3. The Morgan fingerprint density at radius 3 is 2.54 bits per heavy atom. The van der Waals surface area contributed by atoms with E-state index in [2.05, 4.69) is 32.5 Å². The summed E-state index contributed by atoms with van der Waals surface area (Å²) in [6.07, 6.45) is 5.78. The molecule has 2 amide bonds. The lowest BCUT2D eigenvalue weighted by Crippen LogP contribution is -2.44. The van der Waals surface area contributed by atoms with E-state index in [-0.39, 0.29) is 30.3 Å². The molecule has 2 fully saturated rings. The Kier molecular flexibility index (Phi) is 7.04. The first-order valence-corrected chi connectivity index (χ1v) is 10.7. The van der Waals surface area contributed by atoms with Crippen molar-refractivity contribution in [2.24, 2.45) is 5.92 Å². The first-order valence-electron chi connectivity index (χ1n) is 10.7. The highest BCUT2D eigenvalue weighted by Crippen LogP contribution is 2.25. The molecule has 1 aliphatic heterocycles. The van der Waals surface area contributed by atoms with E-state index in [4.69, 9.17) is 0 Å². The second-order valence-corrected chi connectivity index (χ2v) is 8.15. The lowest BCUT2D eigenvalue weighted by atomic mass is 9.85. The zero-order valence-electron chi connectivity index (χ0n) is 17.4. The van der Waals surface area contributed by atoms with Gasteiger partial charge in [0.15, 0.2) is 0 Å². The van der Waals surface area contributed by atoms with Crippen LogP contribution in [-0.4, -0.2) is 63.2 Å². The van der Waals surface area contributed by atoms with Crippen LogP contribution in [0.3, 0.4) is 0 Å². The fraction of sp³-hybridized carbons (Fsp3) is 0.800. The van der Waals surface area contributed by atoms with Gasteiger partial charge in [-0.1, -0.05) is 6.92 Å². The Balaban J connectivity index is 1.37. The molecule has 0 radical (unpaired) electrons. The zero-order chi connectivity index (χ0) is 20.1.